The minimum Gasteiger partial charge on any atom is -0.379 e. The Morgan fingerprint density at radius 2 is 1.95 bits per heavy atom. The number of hydrogen-bond donors (Lipinski definition) is 2. The zero-order valence-electron chi connectivity index (χ0n) is 10.3. The van der Waals surface area contributed by atoms with Crippen molar-refractivity contribution in [3.05, 3.63) is 30.1 Å². The highest BCUT2D eigenvalue weighted by Crippen LogP contribution is 2.32. The van der Waals surface area contributed by atoms with Gasteiger partial charge in [-0.2, -0.15) is 13.2 Å². The van der Waals surface area contributed by atoms with Gasteiger partial charge in [0.05, 0.1) is 11.0 Å². The second-order valence-corrected chi connectivity index (χ2v) is 4.49. The van der Waals surface area contributed by atoms with Crippen LogP contribution in [0.5, 0.6) is 0 Å². The summed E-state index contributed by atoms with van der Waals surface area (Å²) in [6.45, 7) is -0.903. The van der Waals surface area contributed by atoms with Crippen LogP contribution in [-0.2, 0) is 13.5 Å². The summed E-state index contributed by atoms with van der Waals surface area (Å²) in [6, 6.07) is 6.97. The van der Waals surface area contributed by atoms with Crippen LogP contribution in [0.2, 0.25) is 0 Å². The zero-order valence-corrected chi connectivity index (χ0v) is 10.3. The standard InChI is InChI=1S/C12H14F3N3O/c1-18-9-5-3-2-4-8(9)17-10(18)6-11(19,7-16)12(13,14)15/h2-5,19H,6-7,16H2,1H3. The number of fused-ring (bicyclic) bond motifs is 1. The van der Waals surface area contributed by atoms with Crippen LogP contribution in [0.1, 0.15) is 5.82 Å². The molecule has 0 aliphatic rings. The van der Waals surface area contributed by atoms with Crippen LogP contribution in [0.25, 0.3) is 11.0 Å². The van der Waals surface area contributed by atoms with E-state index in [-0.39, 0.29) is 5.82 Å². The Balaban J connectivity index is 2.43. The molecule has 0 radical (unpaired) electrons. The molecule has 1 aromatic carbocycles. The average molecular weight is 273 g/mol. The van der Waals surface area contributed by atoms with Gasteiger partial charge in [-0.25, -0.2) is 4.98 Å². The molecular weight excluding hydrogens is 259 g/mol. The summed E-state index contributed by atoms with van der Waals surface area (Å²) in [5, 5.41) is 9.66. The summed E-state index contributed by atoms with van der Waals surface area (Å²) in [5.74, 6) is 0.145. The summed E-state index contributed by atoms with van der Waals surface area (Å²) < 4.78 is 40.0. The maximum absolute atomic E-state index is 12.8. The van der Waals surface area contributed by atoms with Crippen molar-refractivity contribution in [2.75, 3.05) is 6.54 Å². The topological polar surface area (TPSA) is 64.1 Å². The van der Waals surface area contributed by atoms with E-state index >= 15 is 0 Å². The normalized spacial score (nSPS) is 15.7. The molecule has 0 fully saturated rings. The van der Waals surface area contributed by atoms with E-state index in [1.54, 1.807) is 31.3 Å². The maximum atomic E-state index is 12.8. The van der Waals surface area contributed by atoms with E-state index in [4.69, 9.17) is 5.73 Å². The predicted molar refractivity (Wildman–Crippen MR) is 64.5 cm³/mol. The number of nitrogens with two attached hydrogens (primary N) is 1. The van der Waals surface area contributed by atoms with E-state index < -0.39 is 24.7 Å². The van der Waals surface area contributed by atoms with Crippen molar-refractivity contribution in [1.29, 1.82) is 0 Å². The maximum Gasteiger partial charge on any atom is 0.418 e. The quantitative estimate of drug-likeness (QED) is 0.887. The summed E-state index contributed by atoms with van der Waals surface area (Å²) in [6.07, 6.45) is -5.46. The summed E-state index contributed by atoms with van der Waals surface area (Å²) >= 11 is 0. The number of aryl methyl sites for hydroxylation is 1. The first-order valence-electron chi connectivity index (χ1n) is 5.68. The highest BCUT2D eigenvalue weighted by molar-refractivity contribution is 5.75. The summed E-state index contributed by atoms with van der Waals surface area (Å²) in [4.78, 5) is 4.11. The van der Waals surface area contributed by atoms with Crippen molar-refractivity contribution in [2.45, 2.75) is 18.2 Å². The molecule has 1 heterocycles. The van der Waals surface area contributed by atoms with Crippen LogP contribution in [0.4, 0.5) is 13.2 Å². The molecule has 1 unspecified atom stereocenters. The fraction of sp³-hybridized carbons (Fsp3) is 0.417. The monoisotopic (exact) mass is 273 g/mol. The van der Waals surface area contributed by atoms with Crippen LogP contribution in [0.3, 0.4) is 0 Å². The van der Waals surface area contributed by atoms with Gasteiger partial charge in [-0.15, -0.1) is 0 Å². The Hall–Kier alpha value is -1.60. The van der Waals surface area contributed by atoms with Crippen molar-refractivity contribution in [3.8, 4) is 0 Å². The molecule has 0 saturated heterocycles. The Bertz CT molecular complexity index is 593. The fourth-order valence-corrected chi connectivity index (χ4v) is 1.90. The molecular formula is C12H14F3N3O. The molecule has 0 amide bonds. The molecule has 19 heavy (non-hydrogen) atoms. The van der Waals surface area contributed by atoms with Crippen LogP contribution in [0.15, 0.2) is 24.3 Å². The average Bonchev–Trinajstić information content (AvgIpc) is 2.65. The number of imidazole rings is 1. The number of rotatable bonds is 3. The van der Waals surface area contributed by atoms with Gasteiger partial charge in [0.2, 0.25) is 0 Å². The van der Waals surface area contributed by atoms with E-state index in [1.807, 2.05) is 0 Å². The smallest absolute Gasteiger partial charge is 0.379 e. The number of nitrogens with zero attached hydrogens (tertiary/aromatic N) is 2. The van der Waals surface area contributed by atoms with Gasteiger partial charge in [0.1, 0.15) is 5.82 Å². The van der Waals surface area contributed by atoms with Crippen molar-refractivity contribution >= 4 is 11.0 Å². The molecule has 7 heteroatoms. The van der Waals surface area contributed by atoms with Crippen LogP contribution >= 0.6 is 0 Å². The van der Waals surface area contributed by atoms with Gasteiger partial charge in [-0.1, -0.05) is 12.1 Å². The molecule has 0 bridgehead atoms. The number of halogens is 3. The third kappa shape index (κ3) is 2.31. The van der Waals surface area contributed by atoms with Gasteiger partial charge in [0.15, 0.2) is 5.60 Å². The first-order chi connectivity index (χ1) is 8.78. The zero-order chi connectivity index (χ0) is 14.3. The van der Waals surface area contributed by atoms with Gasteiger partial charge in [-0.05, 0) is 12.1 Å². The molecule has 0 spiro atoms. The molecule has 1 aromatic heterocycles. The molecule has 104 valence electrons. The molecule has 2 aromatic rings. The Morgan fingerprint density at radius 3 is 2.47 bits per heavy atom. The van der Waals surface area contributed by atoms with Gasteiger partial charge in [0.25, 0.3) is 0 Å². The number of aliphatic hydroxyl groups is 1. The third-order valence-electron chi connectivity index (χ3n) is 3.20. The second-order valence-electron chi connectivity index (χ2n) is 4.49. The van der Waals surface area contributed by atoms with E-state index in [2.05, 4.69) is 4.98 Å². The highest BCUT2D eigenvalue weighted by Gasteiger charge is 2.53. The number of para-hydroxylation sites is 2. The molecule has 2 rings (SSSR count). The molecule has 0 saturated carbocycles. The predicted octanol–water partition coefficient (Wildman–Crippen LogP) is 1.37. The Labute approximate surface area is 107 Å². The van der Waals surface area contributed by atoms with Crippen LogP contribution < -0.4 is 5.73 Å². The van der Waals surface area contributed by atoms with E-state index in [0.717, 1.165) is 0 Å². The second kappa shape index (κ2) is 4.50. The van der Waals surface area contributed by atoms with Crippen LogP contribution in [-0.4, -0.2) is 33.0 Å². The number of hydrogen-bond acceptors (Lipinski definition) is 3. The molecule has 0 aliphatic heterocycles. The minimum atomic E-state index is -4.79. The van der Waals surface area contributed by atoms with Crippen molar-refractivity contribution in [3.63, 3.8) is 0 Å². The fourth-order valence-electron chi connectivity index (χ4n) is 1.90. The molecule has 4 nitrogen and oxygen atoms in total. The SMILES string of the molecule is Cn1c(CC(O)(CN)C(F)(F)F)nc2ccccc21. The lowest BCUT2D eigenvalue weighted by molar-refractivity contribution is -0.255. The first-order valence-corrected chi connectivity index (χ1v) is 5.68. The van der Waals surface area contributed by atoms with Gasteiger partial charge in [0, 0.05) is 20.0 Å². The van der Waals surface area contributed by atoms with Gasteiger partial charge < -0.3 is 15.4 Å². The number of benzene rings is 1. The van der Waals surface area contributed by atoms with Crippen molar-refractivity contribution in [1.82, 2.24) is 9.55 Å². The molecule has 0 aliphatic carbocycles. The van der Waals surface area contributed by atoms with E-state index in [9.17, 15) is 18.3 Å². The van der Waals surface area contributed by atoms with E-state index in [1.165, 1.54) is 4.57 Å². The van der Waals surface area contributed by atoms with Crippen LogP contribution in [0, 0.1) is 0 Å². The van der Waals surface area contributed by atoms with Crippen molar-refractivity contribution in [2.24, 2.45) is 12.8 Å². The largest absolute Gasteiger partial charge is 0.418 e. The van der Waals surface area contributed by atoms with Crippen molar-refractivity contribution < 1.29 is 18.3 Å². The number of aromatic nitrogens is 2. The number of alkyl halides is 3. The Morgan fingerprint density at radius 1 is 1.32 bits per heavy atom. The summed E-state index contributed by atoms with van der Waals surface area (Å²) in [7, 11) is 1.61. The van der Waals surface area contributed by atoms with Gasteiger partial charge >= 0.3 is 6.18 Å². The lowest BCUT2D eigenvalue weighted by Gasteiger charge is -2.28. The molecule has 3 N–H and O–H groups in total. The lowest BCUT2D eigenvalue weighted by atomic mass is 9.99. The minimum absolute atomic E-state index is 0.145. The Kier molecular flexibility index (Phi) is 3.27. The molecule has 1 atom stereocenters. The summed E-state index contributed by atoms with van der Waals surface area (Å²) in [5.41, 5.74) is 3.41. The highest BCUT2D eigenvalue weighted by atomic mass is 19.4. The van der Waals surface area contributed by atoms with E-state index in [0.29, 0.717) is 11.0 Å². The lowest BCUT2D eigenvalue weighted by Crippen LogP contribution is -2.53. The third-order valence-corrected chi connectivity index (χ3v) is 3.20. The first kappa shape index (κ1) is 13.8. The van der Waals surface area contributed by atoms with Gasteiger partial charge in [-0.3, -0.25) is 0 Å².